The van der Waals surface area contributed by atoms with Gasteiger partial charge in [-0.05, 0) is 62.4 Å². The fourth-order valence-corrected chi connectivity index (χ4v) is 4.93. The van der Waals surface area contributed by atoms with E-state index in [0.29, 0.717) is 6.54 Å². The van der Waals surface area contributed by atoms with E-state index >= 15 is 0 Å². The van der Waals surface area contributed by atoms with Crippen molar-refractivity contribution in [2.75, 3.05) is 44.2 Å². The van der Waals surface area contributed by atoms with Gasteiger partial charge >= 0.3 is 0 Å². The van der Waals surface area contributed by atoms with E-state index in [1.54, 1.807) is 0 Å². The van der Waals surface area contributed by atoms with Crippen molar-refractivity contribution in [3.63, 3.8) is 0 Å². The topological polar surface area (TPSA) is 64.7 Å². The molecule has 2 aliphatic heterocycles. The van der Waals surface area contributed by atoms with Gasteiger partial charge in [-0.3, -0.25) is 9.59 Å². The number of piperidine rings is 1. The standard InChI is InChI=1S/C23H30N4O2S/c28-22(24-11-16-26-12-3-4-13-26)19-6-1-2-7-20(19)27-14-9-18(10-15-27)25-23(29)21-8-5-17-30-21/h1-2,5-8,17-18H,3-4,9-16H2,(H,24,28)(H,25,29). The van der Waals surface area contributed by atoms with Crippen LogP contribution in [0.1, 0.15) is 45.7 Å². The summed E-state index contributed by atoms with van der Waals surface area (Å²) in [6.07, 6.45) is 4.28. The van der Waals surface area contributed by atoms with E-state index in [1.807, 2.05) is 41.8 Å². The highest BCUT2D eigenvalue weighted by atomic mass is 32.1. The Morgan fingerprint density at radius 3 is 2.47 bits per heavy atom. The maximum Gasteiger partial charge on any atom is 0.261 e. The highest BCUT2D eigenvalue weighted by Crippen LogP contribution is 2.24. The molecule has 1 aromatic carbocycles. The first-order chi connectivity index (χ1) is 14.7. The summed E-state index contributed by atoms with van der Waals surface area (Å²) in [7, 11) is 0. The average molecular weight is 427 g/mol. The molecule has 30 heavy (non-hydrogen) atoms. The van der Waals surface area contributed by atoms with Gasteiger partial charge in [0.1, 0.15) is 0 Å². The van der Waals surface area contributed by atoms with Gasteiger partial charge in [-0.2, -0.15) is 0 Å². The van der Waals surface area contributed by atoms with Gasteiger partial charge in [-0.1, -0.05) is 18.2 Å². The van der Waals surface area contributed by atoms with E-state index in [1.165, 1.54) is 24.2 Å². The maximum atomic E-state index is 12.8. The number of nitrogens with one attached hydrogen (secondary N) is 2. The summed E-state index contributed by atoms with van der Waals surface area (Å²) in [6, 6.07) is 11.8. The number of para-hydroxylation sites is 1. The highest BCUT2D eigenvalue weighted by molar-refractivity contribution is 7.12. The second kappa shape index (κ2) is 10.1. The van der Waals surface area contributed by atoms with Crippen LogP contribution in [0.15, 0.2) is 41.8 Å². The van der Waals surface area contributed by atoms with Gasteiger partial charge in [0.05, 0.1) is 10.4 Å². The number of thiophene rings is 1. The molecular weight excluding hydrogens is 396 g/mol. The molecule has 2 N–H and O–H groups in total. The molecule has 2 fully saturated rings. The Bertz CT molecular complexity index is 841. The van der Waals surface area contributed by atoms with Crippen molar-refractivity contribution in [3.05, 3.63) is 52.2 Å². The number of rotatable bonds is 7. The molecule has 0 saturated carbocycles. The van der Waals surface area contributed by atoms with Gasteiger partial charge in [0.25, 0.3) is 11.8 Å². The molecule has 4 rings (SSSR count). The number of nitrogens with zero attached hydrogens (tertiary/aromatic N) is 2. The first-order valence-corrected chi connectivity index (χ1v) is 11.8. The molecule has 0 aliphatic carbocycles. The summed E-state index contributed by atoms with van der Waals surface area (Å²) in [5, 5.41) is 8.16. The summed E-state index contributed by atoms with van der Waals surface area (Å²) in [4.78, 5) is 30.5. The zero-order chi connectivity index (χ0) is 20.8. The van der Waals surface area contributed by atoms with E-state index in [4.69, 9.17) is 0 Å². The highest BCUT2D eigenvalue weighted by Gasteiger charge is 2.24. The third-order valence-corrected chi connectivity index (χ3v) is 6.85. The molecule has 160 valence electrons. The number of anilines is 1. The molecule has 0 atom stereocenters. The molecule has 6 nitrogen and oxygen atoms in total. The van der Waals surface area contributed by atoms with E-state index in [-0.39, 0.29) is 17.9 Å². The van der Waals surface area contributed by atoms with Crippen molar-refractivity contribution < 1.29 is 9.59 Å². The number of carbonyl (C=O) groups is 2. The average Bonchev–Trinajstić information content (AvgIpc) is 3.49. The predicted molar refractivity (Wildman–Crippen MR) is 121 cm³/mol. The minimum atomic E-state index is -0.00193. The van der Waals surface area contributed by atoms with Gasteiger partial charge in [0.2, 0.25) is 0 Å². The minimum absolute atomic E-state index is 0.00193. The Labute approximate surface area is 182 Å². The van der Waals surface area contributed by atoms with Crippen LogP contribution in [0.5, 0.6) is 0 Å². The van der Waals surface area contributed by atoms with Crippen LogP contribution in [0.25, 0.3) is 0 Å². The number of amides is 2. The SMILES string of the molecule is O=C(NC1CCN(c2ccccc2C(=O)NCCN2CCCC2)CC1)c1cccs1. The number of hydrogen-bond donors (Lipinski definition) is 2. The molecular formula is C23H30N4O2S. The summed E-state index contributed by atoms with van der Waals surface area (Å²) < 4.78 is 0. The molecule has 0 radical (unpaired) electrons. The van der Waals surface area contributed by atoms with Crippen molar-refractivity contribution in [1.29, 1.82) is 0 Å². The zero-order valence-corrected chi connectivity index (χ0v) is 18.1. The van der Waals surface area contributed by atoms with Crippen LogP contribution >= 0.6 is 11.3 Å². The lowest BCUT2D eigenvalue weighted by Gasteiger charge is -2.34. The molecule has 2 saturated heterocycles. The molecule has 1 aromatic heterocycles. The normalized spacial score (nSPS) is 17.8. The van der Waals surface area contributed by atoms with Crippen LogP contribution in [0.3, 0.4) is 0 Å². The minimum Gasteiger partial charge on any atom is -0.371 e. The predicted octanol–water partition coefficient (Wildman–Crippen LogP) is 2.97. The van der Waals surface area contributed by atoms with E-state index in [0.717, 1.165) is 61.7 Å². The summed E-state index contributed by atoms with van der Waals surface area (Å²) >= 11 is 1.47. The van der Waals surface area contributed by atoms with Crippen LogP contribution in [-0.2, 0) is 0 Å². The van der Waals surface area contributed by atoms with Crippen LogP contribution in [0, 0.1) is 0 Å². The first-order valence-electron chi connectivity index (χ1n) is 10.9. The molecule has 0 unspecified atom stereocenters. The lowest BCUT2D eigenvalue weighted by Crippen LogP contribution is -2.45. The van der Waals surface area contributed by atoms with Gasteiger partial charge in [0.15, 0.2) is 0 Å². The van der Waals surface area contributed by atoms with Crippen LogP contribution in [-0.4, -0.2) is 62.0 Å². The Morgan fingerprint density at radius 2 is 1.73 bits per heavy atom. The molecule has 0 spiro atoms. The molecule has 2 aliphatic rings. The monoisotopic (exact) mass is 426 g/mol. The number of benzene rings is 1. The van der Waals surface area contributed by atoms with Gasteiger partial charge in [-0.25, -0.2) is 0 Å². The lowest BCUT2D eigenvalue weighted by molar-refractivity contribution is 0.0933. The number of hydrogen-bond acceptors (Lipinski definition) is 5. The molecule has 3 heterocycles. The summed E-state index contributed by atoms with van der Waals surface area (Å²) in [6.45, 7) is 5.54. The first kappa shape index (κ1) is 20.9. The molecule has 7 heteroatoms. The summed E-state index contributed by atoms with van der Waals surface area (Å²) in [5.41, 5.74) is 1.72. The largest absolute Gasteiger partial charge is 0.371 e. The second-order valence-corrected chi connectivity index (χ2v) is 8.98. The van der Waals surface area contributed by atoms with Gasteiger partial charge < -0.3 is 20.4 Å². The van der Waals surface area contributed by atoms with Gasteiger partial charge in [0, 0.05) is 37.9 Å². The third kappa shape index (κ3) is 5.21. The number of likely N-dealkylation sites (tertiary alicyclic amines) is 1. The van der Waals surface area contributed by atoms with E-state index < -0.39 is 0 Å². The Balaban J connectivity index is 1.30. The summed E-state index contributed by atoms with van der Waals surface area (Å²) in [5.74, 6) is 0.0131. The Morgan fingerprint density at radius 1 is 0.967 bits per heavy atom. The second-order valence-electron chi connectivity index (χ2n) is 8.03. The van der Waals surface area contributed by atoms with Crippen molar-refractivity contribution in [2.24, 2.45) is 0 Å². The lowest BCUT2D eigenvalue weighted by atomic mass is 10.0. The maximum absolute atomic E-state index is 12.8. The van der Waals surface area contributed by atoms with Gasteiger partial charge in [-0.15, -0.1) is 11.3 Å². The van der Waals surface area contributed by atoms with E-state index in [2.05, 4.69) is 20.4 Å². The zero-order valence-electron chi connectivity index (χ0n) is 17.3. The van der Waals surface area contributed by atoms with Crippen molar-refractivity contribution in [2.45, 2.75) is 31.7 Å². The quantitative estimate of drug-likeness (QED) is 0.715. The van der Waals surface area contributed by atoms with Crippen molar-refractivity contribution in [3.8, 4) is 0 Å². The fourth-order valence-electron chi connectivity index (χ4n) is 4.30. The van der Waals surface area contributed by atoms with E-state index in [9.17, 15) is 9.59 Å². The van der Waals surface area contributed by atoms with Crippen LogP contribution < -0.4 is 15.5 Å². The fraction of sp³-hybridized carbons (Fsp3) is 0.478. The Hall–Kier alpha value is -2.38. The molecule has 0 bridgehead atoms. The smallest absolute Gasteiger partial charge is 0.261 e. The van der Waals surface area contributed by atoms with Crippen LogP contribution in [0.2, 0.25) is 0 Å². The van der Waals surface area contributed by atoms with Crippen molar-refractivity contribution in [1.82, 2.24) is 15.5 Å². The van der Waals surface area contributed by atoms with Crippen molar-refractivity contribution >= 4 is 28.8 Å². The Kier molecular flexibility index (Phi) is 7.02. The third-order valence-electron chi connectivity index (χ3n) is 5.98. The molecule has 2 aromatic rings. The number of carbonyl (C=O) groups excluding carboxylic acids is 2. The molecule has 2 amide bonds. The van der Waals surface area contributed by atoms with Crippen LogP contribution in [0.4, 0.5) is 5.69 Å².